The van der Waals surface area contributed by atoms with Crippen molar-refractivity contribution in [3.63, 3.8) is 0 Å². The molecule has 128 valence electrons. The Hall–Kier alpha value is -2.08. The molecule has 0 aromatic heterocycles. The number of hydrogen-bond donors (Lipinski definition) is 0. The van der Waals surface area contributed by atoms with Crippen molar-refractivity contribution in [1.82, 2.24) is 0 Å². The van der Waals surface area contributed by atoms with Crippen molar-refractivity contribution in [2.24, 2.45) is 5.41 Å². The Kier molecular flexibility index (Phi) is 7.54. The van der Waals surface area contributed by atoms with Gasteiger partial charge in [-0.25, -0.2) is 14.5 Å². The van der Waals surface area contributed by atoms with Gasteiger partial charge in [0.25, 0.3) is 0 Å². The van der Waals surface area contributed by atoms with Crippen molar-refractivity contribution in [1.29, 1.82) is 0 Å². The third kappa shape index (κ3) is 8.21. The van der Waals surface area contributed by atoms with Gasteiger partial charge in [-0.05, 0) is 36.0 Å². The average molecular weight is 324 g/mol. The number of carbonyl (C=O) groups is 2. The van der Waals surface area contributed by atoms with E-state index in [-0.39, 0.29) is 12.0 Å². The standard InChI is InChI=1S/C17H24O6/c1-5-6-7-13-8-10-14(11-9-13)15(18)21-23-22-16(19)20-12-17(2,3)4/h8-11H,5-7,12H2,1-4H3. The normalized spacial score (nSPS) is 11.0. The Bertz CT molecular complexity index is 501. The van der Waals surface area contributed by atoms with Crippen LogP contribution in [0.3, 0.4) is 0 Å². The molecule has 0 fully saturated rings. The molecular formula is C17H24O6. The lowest BCUT2D eigenvalue weighted by Crippen LogP contribution is -2.19. The summed E-state index contributed by atoms with van der Waals surface area (Å²) in [4.78, 5) is 31.5. The van der Waals surface area contributed by atoms with E-state index in [9.17, 15) is 9.59 Å². The number of unbranched alkanes of at least 4 members (excludes halogenated alkanes) is 1. The Morgan fingerprint density at radius 3 is 2.26 bits per heavy atom. The highest BCUT2D eigenvalue weighted by Gasteiger charge is 2.16. The molecule has 6 nitrogen and oxygen atoms in total. The van der Waals surface area contributed by atoms with E-state index in [4.69, 9.17) is 4.74 Å². The van der Waals surface area contributed by atoms with Crippen molar-refractivity contribution < 1.29 is 29.1 Å². The van der Waals surface area contributed by atoms with Gasteiger partial charge in [-0.1, -0.05) is 46.2 Å². The fraction of sp³-hybridized carbons (Fsp3) is 0.529. The van der Waals surface area contributed by atoms with Crippen molar-refractivity contribution in [3.05, 3.63) is 35.4 Å². The van der Waals surface area contributed by atoms with Crippen LogP contribution in [0.4, 0.5) is 4.79 Å². The summed E-state index contributed by atoms with van der Waals surface area (Å²) in [6.07, 6.45) is 2.10. The molecule has 0 aliphatic carbocycles. The zero-order valence-electron chi connectivity index (χ0n) is 14.1. The molecular weight excluding hydrogens is 300 g/mol. The van der Waals surface area contributed by atoms with Crippen molar-refractivity contribution in [2.45, 2.75) is 47.0 Å². The molecule has 0 atom stereocenters. The average Bonchev–Trinajstić information content (AvgIpc) is 2.50. The Morgan fingerprint density at radius 1 is 1.04 bits per heavy atom. The van der Waals surface area contributed by atoms with Crippen LogP contribution in [0, 0.1) is 5.41 Å². The fourth-order valence-corrected chi connectivity index (χ4v) is 1.61. The van der Waals surface area contributed by atoms with E-state index in [1.165, 1.54) is 0 Å². The van der Waals surface area contributed by atoms with Crippen LogP contribution in [0.25, 0.3) is 0 Å². The van der Waals surface area contributed by atoms with Crippen LogP contribution in [0.5, 0.6) is 0 Å². The predicted molar refractivity (Wildman–Crippen MR) is 83.4 cm³/mol. The minimum Gasteiger partial charge on any atom is -0.432 e. The monoisotopic (exact) mass is 324 g/mol. The third-order valence-corrected chi connectivity index (χ3v) is 2.84. The summed E-state index contributed by atoms with van der Waals surface area (Å²) in [5, 5.41) is 4.15. The van der Waals surface area contributed by atoms with Crippen LogP contribution >= 0.6 is 0 Å². The summed E-state index contributed by atoms with van der Waals surface area (Å²) in [6, 6.07) is 6.97. The maximum absolute atomic E-state index is 11.7. The molecule has 6 heteroatoms. The van der Waals surface area contributed by atoms with Gasteiger partial charge in [0.05, 0.1) is 17.2 Å². The van der Waals surface area contributed by atoms with Gasteiger partial charge in [-0.3, -0.25) is 4.89 Å². The van der Waals surface area contributed by atoms with Crippen LogP contribution in [-0.4, -0.2) is 18.7 Å². The van der Waals surface area contributed by atoms with Crippen molar-refractivity contribution >= 4 is 12.1 Å². The molecule has 0 saturated heterocycles. The quantitative estimate of drug-likeness (QED) is 0.424. The molecule has 0 spiro atoms. The molecule has 0 saturated carbocycles. The van der Waals surface area contributed by atoms with Gasteiger partial charge in [-0.15, -0.1) is 0 Å². The van der Waals surface area contributed by atoms with Crippen molar-refractivity contribution in [2.75, 3.05) is 6.61 Å². The molecule has 23 heavy (non-hydrogen) atoms. The molecule has 1 aromatic carbocycles. The molecule has 0 unspecified atom stereocenters. The summed E-state index contributed by atoms with van der Waals surface area (Å²) in [5.41, 5.74) is 1.25. The lowest BCUT2D eigenvalue weighted by atomic mass is 9.99. The van der Waals surface area contributed by atoms with E-state index < -0.39 is 12.1 Å². The zero-order valence-corrected chi connectivity index (χ0v) is 14.1. The van der Waals surface area contributed by atoms with E-state index in [2.05, 4.69) is 21.7 Å². The van der Waals surface area contributed by atoms with Gasteiger partial charge in [0.15, 0.2) is 0 Å². The first-order valence-corrected chi connectivity index (χ1v) is 7.63. The number of aryl methyl sites for hydroxylation is 1. The second-order valence-corrected chi connectivity index (χ2v) is 6.42. The van der Waals surface area contributed by atoms with Crippen LogP contribution in [-0.2, 0) is 26.0 Å². The van der Waals surface area contributed by atoms with E-state index in [0.717, 1.165) is 24.8 Å². The fourth-order valence-electron chi connectivity index (χ4n) is 1.61. The molecule has 0 radical (unpaired) electrons. The summed E-state index contributed by atoms with van der Waals surface area (Å²) in [5.74, 6) is -0.754. The number of hydrogen-bond acceptors (Lipinski definition) is 6. The van der Waals surface area contributed by atoms with E-state index in [1.54, 1.807) is 12.1 Å². The molecule has 1 rings (SSSR count). The van der Waals surface area contributed by atoms with Gasteiger partial charge >= 0.3 is 12.1 Å². The summed E-state index contributed by atoms with van der Waals surface area (Å²) < 4.78 is 4.77. The van der Waals surface area contributed by atoms with Gasteiger partial charge < -0.3 is 4.74 Å². The number of rotatable bonds is 7. The van der Waals surface area contributed by atoms with Crippen LogP contribution in [0.1, 0.15) is 56.5 Å². The molecule has 0 aliphatic rings. The third-order valence-electron chi connectivity index (χ3n) is 2.84. The summed E-state index contributed by atoms with van der Waals surface area (Å²) >= 11 is 0. The smallest absolute Gasteiger partial charge is 0.432 e. The maximum atomic E-state index is 11.7. The Labute approximate surface area is 136 Å². The number of carbonyl (C=O) groups excluding carboxylic acids is 2. The van der Waals surface area contributed by atoms with Gasteiger partial charge in [0, 0.05) is 0 Å². The topological polar surface area (TPSA) is 71.1 Å². The molecule has 0 heterocycles. The minimum absolute atomic E-state index is 0.155. The highest BCUT2D eigenvalue weighted by atomic mass is 17.5. The van der Waals surface area contributed by atoms with Crippen molar-refractivity contribution in [3.8, 4) is 0 Å². The van der Waals surface area contributed by atoms with E-state index in [1.807, 2.05) is 32.9 Å². The highest BCUT2D eigenvalue weighted by Crippen LogP contribution is 2.13. The summed E-state index contributed by atoms with van der Waals surface area (Å²) in [7, 11) is 0. The minimum atomic E-state index is -1.07. The van der Waals surface area contributed by atoms with Gasteiger partial charge in [0.1, 0.15) is 0 Å². The highest BCUT2D eigenvalue weighted by molar-refractivity contribution is 5.88. The number of ether oxygens (including phenoxy) is 1. The zero-order chi connectivity index (χ0) is 17.3. The second kappa shape index (κ2) is 9.15. The lowest BCUT2D eigenvalue weighted by Gasteiger charge is -2.16. The van der Waals surface area contributed by atoms with E-state index in [0.29, 0.717) is 5.56 Å². The van der Waals surface area contributed by atoms with Gasteiger partial charge in [-0.2, -0.15) is 0 Å². The Balaban J connectivity index is 2.32. The largest absolute Gasteiger partial charge is 0.543 e. The molecule has 0 bridgehead atoms. The molecule has 1 aromatic rings. The molecule has 0 N–H and O–H groups in total. The first kappa shape index (κ1) is 19.0. The SMILES string of the molecule is CCCCc1ccc(C(=O)OOOC(=O)OCC(C)(C)C)cc1. The van der Waals surface area contributed by atoms with Crippen LogP contribution in [0.2, 0.25) is 0 Å². The molecule has 0 aliphatic heterocycles. The lowest BCUT2D eigenvalue weighted by molar-refractivity contribution is -0.452. The summed E-state index contributed by atoms with van der Waals surface area (Å²) in [6.45, 7) is 7.96. The first-order valence-electron chi connectivity index (χ1n) is 7.63. The Morgan fingerprint density at radius 2 is 1.70 bits per heavy atom. The predicted octanol–water partition coefficient (Wildman–Crippen LogP) is 4.23. The van der Waals surface area contributed by atoms with Gasteiger partial charge in [0.2, 0.25) is 0 Å². The number of benzene rings is 1. The van der Waals surface area contributed by atoms with E-state index >= 15 is 0 Å². The maximum Gasteiger partial charge on any atom is 0.543 e. The van der Waals surface area contributed by atoms with Crippen LogP contribution in [0.15, 0.2) is 24.3 Å². The van der Waals surface area contributed by atoms with Crippen LogP contribution < -0.4 is 0 Å². The first-order chi connectivity index (χ1) is 10.8. The molecule has 0 amide bonds. The second-order valence-electron chi connectivity index (χ2n) is 6.42.